The molecule has 34 heavy (non-hydrogen) atoms. The second-order valence-electron chi connectivity index (χ2n) is 7.92. The molecule has 3 N–H and O–H groups in total. The number of carboxylic acids is 1. The molecular weight excluding hydrogens is 450 g/mol. The molecule has 0 saturated heterocycles. The standard InChI is InChI=1S/C28H18ClNO4/c29-24-15-25-20(13-23(27(32)30-25)17-7-4-8-19(11-17)28(33)34)12-22(24)18-9-10-21(26(31)14-18)16-5-2-1-3-6-16/h1-15,31H,(H,30,32)(H,33,34). The monoisotopic (exact) mass is 467 g/mol. The first kappa shape index (κ1) is 21.5. The number of hydrogen-bond acceptors (Lipinski definition) is 3. The normalized spacial score (nSPS) is 11.0. The first-order valence-corrected chi connectivity index (χ1v) is 10.9. The largest absolute Gasteiger partial charge is 0.507 e. The molecule has 5 rings (SSSR count). The van der Waals surface area contributed by atoms with Gasteiger partial charge in [-0.25, -0.2) is 4.79 Å². The molecule has 1 aromatic heterocycles. The fourth-order valence-electron chi connectivity index (χ4n) is 4.04. The van der Waals surface area contributed by atoms with E-state index in [1.54, 1.807) is 30.3 Å². The number of aromatic hydroxyl groups is 1. The van der Waals surface area contributed by atoms with Gasteiger partial charge in [-0.2, -0.15) is 0 Å². The Labute approximate surface area is 199 Å². The second-order valence-corrected chi connectivity index (χ2v) is 8.32. The number of aromatic nitrogens is 1. The molecule has 5 aromatic rings. The van der Waals surface area contributed by atoms with Gasteiger partial charge in [-0.3, -0.25) is 4.79 Å². The summed E-state index contributed by atoms with van der Waals surface area (Å²) in [7, 11) is 0. The summed E-state index contributed by atoms with van der Waals surface area (Å²) in [5.41, 5.74) is 4.21. The van der Waals surface area contributed by atoms with Crippen molar-refractivity contribution >= 4 is 28.5 Å². The Morgan fingerprint density at radius 3 is 2.18 bits per heavy atom. The lowest BCUT2D eigenvalue weighted by Crippen LogP contribution is -2.09. The van der Waals surface area contributed by atoms with Crippen molar-refractivity contribution in [2.45, 2.75) is 0 Å². The summed E-state index contributed by atoms with van der Waals surface area (Å²) >= 11 is 6.54. The minimum atomic E-state index is -1.06. The van der Waals surface area contributed by atoms with Crippen LogP contribution in [0, 0.1) is 0 Å². The molecule has 0 radical (unpaired) electrons. The molecule has 4 aromatic carbocycles. The van der Waals surface area contributed by atoms with Gasteiger partial charge in [0.1, 0.15) is 5.75 Å². The molecule has 1 heterocycles. The van der Waals surface area contributed by atoms with Gasteiger partial charge in [0.2, 0.25) is 0 Å². The fraction of sp³-hybridized carbons (Fsp3) is 0. The van der Waals surface area contributed by atoms with E-state index in [1.807, 2.05) is 48.5 Å². The molecule has 6 heteroatoms. The van der Waals surface area contributed by atoms with Crippen molar-refractivity contribution in [1.29, 1.82) is 0 Å². The van der Waals surface area contributed by atoms with Gasteiger partial charge in [-0.1, -0.05) is 66.2 Å². The predicted octanol–water partition coefficient (Wildman–Crippen LogP) is 6.59. The molecule has 0 saturated carbocycles. The molecular formula is C28H18ClNO4. The number of aromatic amines is 1. The lowest BCUT2D eigenvalue weighted by atomic mass is 9.97. The number of rotatable bonds is 4. The van der Waals surface area contributed by atoms with Crippen molar-refractivity contribution in [2.24, 2.45) is 0 Å². The van der Waals surface area contributed by atoms with Crippen LogP contribution in [0.25, 0.3) is 44.3 Å². The Kier molecular flexibility index (Phi) is 5.40. The Bertz CT molecular complexity index is 1620. The Hall–Kier alpha value is -4.35. The van der Waals surface area contributed by atoms with Crippen molar-refractivity contribution in [1.82, 2.24) is 4.98 Å². The smallest absolute Gasteiger partial charge is 0.335 e. The quantitative estimate of drug-likeness (QED) is 0.278. The molecule has 0 spiro atoms. The number of carbonyl (C=O) groups is 1. The van der Waals surface area contributed by atoms with Gasteiger partial charge in [0.15, 0.2) is 0 Å². The predicted molar refractivity (Wildman–Crippen MR) is 135 cm³/mol. The number of fused-ring (bicyclic) bond motifs is 1. The van der Waals surface area contributed by atoms with E-state index >= 15 is 0 Å². The highest BCUT2D eigenvalue weighted by Gasteiger charge is 2.13. The summed E-state index contributed by atoms with van der Waals surface area (Å²) in [6.07, 6.45) is 0. The summed E-state index contributed by atoms with van der Waals surface area (Å²) in [6, 6.07) is 26.5. The van der Waals surface area contributed by atoms with Crippen LogP contribution in [0.3, 0.4) is 0 Å². The Morgan fingerprint density at radius 2 is 1.44 bits per heavy atom. The van der Waals surface area contributed by atoms with E-state index in [0.717, 1.165) is 16.5 Å². The average molecular weight is 468 g/mol. The van der Waals surface area contributed by atoms with Crippen molar-refractivity contribution < 1.29 is 15.0 Å². The number of pyridine rings is 1. The molecule has 0 amide bonds. The summed E-state index contributed by atoms with van der Waals surface area (Å²) in [5, 5.41) is 21.1. The van der Waals surface area contributed by atoms with Crippen LogP contribution in [0.5, 0.6) is 5.75 Å². The Balaban J connectivity index is 1.62. The summed E-state index contributed by atoms with van der Waals surface area (Å²) in [4.78, 5) is 26.9. The van der Waals surface area contributed by atoms with Crippen LogP contribution >= 0.6 is 11.6 Å². The molecule has 166 valence electrons. The van der Waals surface area contributed by atoms with Crippen molar-refractivity contribution in [3.05, 3.63) is 112 Å². The number of phenolic OH excluding ortho intramolecular Hbond substituents is 1. The first-order chi connectivity index (χ1) is 16.4. The van der Waals surface area contributed by atoms with Gasteiger partial charge in [0, 0.05) is 22.2 Å². The van der Waals surface area contributed by atoms with Gasteiger partial charge in [-0.05, 0) is 58.5 Å². The molecule has 0 fully saturated rings. The van der Waals surface area contributed by atoms with Crippen LogP contribution < -0.4 is 5.56 Å². The minimum absolute atomic E-state index is 0.0998. The summed E-state index contributed by atoms with van der Waals surface area (Å²) in [5.74, 6) is -0.931. The van der Waals surface area contributed by atoms with E-state index in [9.17, 15) is 19.8 Å². The SMILES string of the molecule is O=C(O)c1cccc(-c2cc3cc(-c4ccc(-c5ccccc5)c(O)c4)c(Cl)cc3[nH]c2=O)c1. The van der Waals surface area contributed by atoms with Gasteiger partial charge in [0.05, 0.1) is 10.6 Å². The maximum atomic E-state index is 12.7. The topological polar surface area (TPSA) is 90.4 Å². The summed E-state index contributed by atoms with van der Waals surface area (Å²) in [6.45, 7) is 0. The number of benzene rings is 4. The van der Waals surface area contributed by atoms with Crippen LogP contribution in [0.4, 0.5) is 0 Å². The summed E-state index contributed by atoms with van der Waals surface area (Å²) < 4.78 is 0. The molecule has 0 bridgehead atoms. The number of halogens is 1. The zero-order valence-electron chi connectivity index (χ0n) is 17.7. The maximum absolute atomic E-state index is 12.7. The number of hydrogen-bond donors (Lipinski definition) is 3. The molecule has 0 unspecified atom stereocenters. The molecule has 0 aliphatic heterocycles. The average Bonchev–Trinajstić information content (AvgIpc) is 2.84. The van der Waals surface area contributed by atoms with Crippen molar-refractivity contribution in [3.8, 4) is 39.1 Å². The molecule has 0 aliphatic carbocycles. The number of H-pyrrole nitrogens is 1. The van der Waals surface area contributed by atoms with Crippen LogP contribution in [-0.2, 0) is 0 Å². The molecule has 5 nitrogen and oxygen atoms in total. The van der Waals surface area contributed by atoms with Gasteiger partial charge < -0.3 is 15.2 Å². The minimum Gasteiger partial charge on any atom is -0.507 e. The van der Waals surface area contributed by atoms with Crippen molar-refractivity contribution in [3.63, 3.8) is 0 Å². The second kappa shape index (κ2) is 8.54. The van der Waals surface area contributed by atoms with Gasteiger partial charge >= 0.3 is 5.97 Å². The van der Waals surface area contributed by atoms with Crippen LogP contribution in [-0.4, -0.2) is 21.2 Å². The van der Waals surface area contributed by atoms with E-state index in [1.165, 1.54) is 12.1 Å². The van der Waals surface area contributed by atoms with E-state index in [2.05, 4.69) is 4.98 Å². The zero-order chi connectivity index (χ0) is 23.8. The van der Waals surface area contributed by atoms with Crippen LogP contribution in [0.15, 0.2) is 95.8 Å². The first-order valence-electron chi connectivity index (χ1n) is 10.5. The van der Waals surface area contributed by atoms with Crippen LogP contribution in [0.2, 0.25) is 5.02 Å². The van der Waals surface area contributed by atoms with Crippen molar-refractivity contribution in [2.75, 3.05) is 0 Å². The van der Waals surface area contributed by atoms with E-state index in [4.69, 9.17) is 11.6 Å². The third-order valence-electron chi connectivity index (χ3n) is 5.75. The highest BCUT2D eigenvalue weighted by molar-refractivity contribution is 6.34. The molecule has 0 atom stereocenters. The highest BCUT2D eigenvalue weighted by Crippen LogP contribution is 2.37. The number of phenols is 1. The number of aromatic carboxylic acids is 1. The van der Waals surface area contributed by atoms with Gasteiger partial charge in [-0.15, -0.1) is 0 Å². The number of carboxylic acid groups (broad SMARTS) is 1. The third-order valence-corrected chi connectivity index (χ3v) is 6.06. The lowest BCUT2D eigenvalue weighted by molar-refractivity contribution is 0.0697. The van der Waals surface area contributed by atoms with E-state index in [0.29, 0.717) is 32.8 Å². The number of nitrogens with one attached hydrogen (secondary N) is 1. The lowest BCUT2D eigenvalue weighted by Gasteiger charge is -2.11. The molecule has 0 aliphatic rings. The highest BCUT2D eigenvalue weighted by atomic mass is 35.5. The fourth-order valence-corrected chi connectivity index (χ4v) is 4.32. The zero-order valence-corrected chi connectivity index (χ0v) is 18.5. The van der Waals surface area contributed by atoms with E-state index in [-0.39, 0.29) is 16.9 Å². The van der Waals surface area contributed by atoms with Crippen LogP contribution in [0.1, 0.15) is 10.4 Å². The third kappa shape index (κ3) is 3.93. The van der Waals surface area contributed by atoms with E-state index < -0.39 is 5.97 Å². The maximum Gasteiger partial charge on any atom is 0.335 e. The van der Waals surface area contributed by atoms with Gasteiger partial charge in [0.25, 0.3) is 5.56 Å². The Morgan fingerprint density at radius 1 is 0.735 bits per heavy atom.